The van der Waals surface area contributed by atoms with Crippen molar-refractivity contribution in [2.75, 3.05) is 6.61 Å². The molecule has 31 heavy (non-hydrogen) atoms. The van der Waals surface area contributed by atoms with Crippen LogP contribution in [0.1, 0.15) is 43.1 Å². The number of aromatic nitrogens is 1. The van der Waals surface area contributed by atoms with Crippen LogP contribution in [0, 0.1) is 5.92 Å². The van der Waals surface area contributed by atoms with Gasteiger partial charge in [0, 0.05) is 11.3 Å². The molecule has 0 saturated heterocycles. The molecule has 10 heteroatoms. The molecule has 1 amide bonds. The molecule has 1 aliphatic rings. The molecule has 3 rings (SSSR count). The summed E-state index contributed by atoms with van der Waals surface area (Å²) in [4.78, 5) is 16.6. The van der Waals surface area contributed by atoms with E-state index < -0.39 is 41.9 Å². The molecule has 1 aromatic carbocycles. The van der Waals surface area contributed by atoms with Crippen LogP contribution in [0.2, 0.25) is 0 Å². The fourth-order valence-electron chi connectivity index (χ4n) is 3.39. The molecule has 1 fully saturated rings. The van der Waals surface area contributed by atoms with Crippen molar-refractivity contribution in [2.24, 2.45) is 5.92 Å². The first-order valence-electron chi connectivity index (χ1n) is 9.43. The van der Waals surface area contributed by atoms with E-state index in [1.807, 2.05) is 6.92 Å². The SMILES string of the molecule is C[C@@H](NC(=O)[C@@H]1C[C@@]1(C)c1ccc(C(F)(F)F)cc1)c1ccc(OCC(F)(F)F)cn1. The smallest absolute Gasteiger partial charge is 0.422 e. The molecule has 168 valence electrons. The predicted octanol–water partition coefficient (Wildman–Crippen LogP) is 5.20. The van der Waals surface area contributed by atoms with E-state index in [2.05, 4.69) is 15.0 Å². The number of pyridine rings is 1. The van der Waals surface area contributed by atoms with E-state index >= 15 is 0 Å². The molecule has 0 bridgehead atoms. The minimum atomic E-state index is -4.45. The zero-order valence-corrected chi connectivity index (χ0v) is 16.6. The maximum Gasteiger partial charge on any atom is 0.422 e. The fraction of sp³-hybridized carbons (Fsp3) is 0.429. The molecule has 0 radical (unpaired) electrons. The van der Waals surface area contributed by atoms with E-state index in [0.717, 1.165) is 18.3 Å². The van der Waals surface area contributed by atoms with E-state index in [1.54, 1.807) is 6.92 Å². The Morgan fingerprint density at radius 1 is 1.16 bits per heavy atom. The fourth-order valence-corrected chi connectivity index (χ4v) is 3.39. The lowest BCUT2D eigenvalue weighted by Crippen LogP contribution is -2.30. The second-order valence-electron chi connectivity index (χ2n) is 7.80. The lowest BCUT2D eigenvalue weighted by atomic mass is 9.94. The Balaban J connectivity index is 1.58. The van der Waals surface area contributed by atoms with E-state index in [0.29, 0.717) is 17.7 Å². The number of carbonyl (C=O) groups is 1. The topological polar surface area (TPSA) is 51.2 Å². The number of benzene rings is 1. The minimum absolute atomic E-state index is 0.0447. The van der Waals surface area contributed by atoms with Gasteiger partial charge in [-0.15, -0.1) is 0 Å². The van der Waals surface area contributed by atoms with Gasteiger partial charge in [-0.2, -0.15) is 26.3 Å². The van der Waals surface area contributed by atoms with Crippen molar-refractivity contribution in [1.29, 1.82) is 0 Å². The monoisotopic (exact) mass is 446 g/mol. The lowest BCUT2D eigenvalue weighted by Gasteiger charge is -2.17. The molecule has 1 aliphatic carbocycles. The van der Waals surface area contributed by atoms with Crippen molar-refractivity contribution < 1.29 is 35.9 Å². The van der Waals surface area contributed by atoms with Crippen LogP contribution < -0.4 is 10.1 Å². The summed E-state index contributed by atoms with van der Waals surface area (Å²) in [5, 5.41) is 2.79. The molecule has 1 aromatic heterocycles. The second kappa shape index (κ2) is 8.05. The van der Waals surface area contributed by atoms with Crippen LogP contribution in [0.4, 0.5) is 26.3 Å². The Labute approximate surface area is 174 Å². The average molecular weight is 446 g/mol. The third kappa shape index (κ3) is 5.48. The summed E-state index contributed by atoms with van der Waals surface area (Å²) in [5.41, 5.74) is -0.220. The van der Waals surface area contributed by atoms with Gasteiger partial charge in [-0.25, -0.2) is 0 Å². The Morgan fingerprint density at radius 2 is 1.81 bits per heavy atom. The van der Waals surface area contributed by atoms with Gasteiger partial charge in [-0.05, 0) is 43.2 Å². The van der Waals surface area contributed by atoms with Gasteiger partial charge in [-0.1, -0.05) is 19.1 Å². The third-order valence-corrected chi connectivity index (χ3v) is 5.39. The summed E-state index contributed by atoms with van der Waals surface area (Å²) in [6.45, 7) is 2.06. The third-order valence-electron chi connectivity index (χ3n) is 5.39. The molecule has 0 unspecified atom stereocenters. The predicted molar refractivity (Wildman–Crippen MR) is 99.2 cm³/mol. The molecule has 1 heterocycles. The number of ether oxygens (including phenoxy) is 1. The molecule has 2 aromatic rings. The van der Waals surface area contributed by atoms with Crippen molar-refractivity contribution in [3.05, 3.63) is 59.4 Å². The van der Waals surface area contributed by atoms with Crippen LogP contribution >= 0.6 is 0 Å². The number of amides is 1. The van der Waals surface area contributed by atoms with Crippen molar-refractivity contribution in [2.45, 2.75) is 44.1 Å². The molecule has 1 saturated carbocycles. The number of hydrogen-bond acceptors (Lipinski definition) is 3. The normalized spacial score (nSPS) is 22.0. The lowest BCUT2D eigenvalue weighted by molar-refractivity contribution is -0.153. The number of rotatable bonds is 6. The highest BCUT2D eigenvalue weighted by Crippen LogP contribution is 2.54. The Bertz CT molecular complexity index is 925. The molecular formula is C21H20F6N2O2. The van der Waals surface area contributed by atoms with Crippen LogP contribution in [0.15, 0.2) is 42.6 Å². The summed E-state index contributed by atoms with van der Waals surface area (Å²) in [6.07, 6.45) is -7.23. The molecule has 4 nitrogen and oxygen atoms in total. The molecule has 1 N–H and O–H groups in total. The summed E-state index contributed by atoms with van der Waals surface area (Å²) in [6, 6.07) is 7.06. The second-order valence-corrected chi connectivity index (χ2v) is 7.80. The number of nitrogens with one attached hydrogen (secondary N) is 1. The summed E-state index contributed by atoms with van der Waals surface area (Å²) in [7, 11) is 0. The van der Waals surface area contributed by atoms with E-state index in [1.165, 1.54) is 24.3 Å². The van der Waals surface area contributed by atoms with E-state index in [-0.39, 0.29) is 11.7 Å². The highest BCUT2D eigenvalue weighted by molar-refractivity contribution is 5.84. The number of carbonyl (C=O) groups excluding carboxylic acids is 1. The Morgan fingerprint density at radius 3 is 2.32 bits per heavy atom. The first-order valence-corrected chi connectivity index (χ1v) is 9.43. The first-order chi connectivity index (χ1) is 14.3. The van der Waals surface area contributed by atoms with Crippen molar-refractivity contribution in [1.82, 2.24) is 10.3 Å². The van der Waals surface area contributed by atoms with Gasteiger partial charge in [0.1, 0.15) is 5.75 Å². The maximum absolute atomic E-state index is 12.7. The molecule has 0 aliphatic heterocycles. The quantitative estimate of drug-likeness (QED) is 0.621. The Hall–Kier alpha value is -2.78. The minimum Gasteiger partial charge on any atom is -0.483 e. The zero-order valence-electron chi connectivity index (χ0n) is 16.6. The van der Waals surface area contributed by atoms with Crippen molar-refractivity contribution in [3.8, 4) is 5.75 Å². The first kappa shape index (κ1) is 22.9. The van der Waals surface area contributed by atoms with Gasteiger partial charge in [0.2, 0.25) is 5.91 Å². The van der Waals surface area contributed by atoms with Crippen LogP contribution in [0.25, 0.3) is 0 Å². The van der Waals surface area contributed by atoms with Crippen molar-refractivity contribution >= 4 is 5.91 Å². The van der Waals surface area contributed by atoms with Gasteiger partial charge < -0.3 is 10.1 Å². The van der Waals surface area contributed by atoms with E-state index in [4.69, 9.17) is 0 Å². The largest absolute Gasteiger partial charge is 0.483 e. The molecule has 0 spiro atoms. The molecular weight excluding hydrogens is 426 g/mol. The number of hydrogen-bond donors (Lipinski definition) is 1. The van der Waals surface area contributed by atoms with Gasteiger partial charge in [0.15, 0.2) is 6.61 Å². The van der Waals surface area contributed by atoms with Crippen LogP contribution in [-0.4, -0.2) is 23.7 Å². The highest BCUT2D eigenvalue weighted by Gasteiger charge is 2.55. The standard InChI is InChI=1S/C21H20F6N2O2/c1-12(17-8-7-15(10-28-17)31-11-20(22,23)24)29-18(30)16-9-19(16,2)13-3-5-14(6-4-13)21(25,26)27/h3-8,10,12,16H,9,11H2,1-2H3,(H,29,30)/t12-,16+,19+/m1/s1. The van der Waals surface area contributed by atoms with E-state index in [9.17, 15) is 31.1 Å². The van der Waals surface area contributed by atoms with Crippen LogP contribution in [-0.2, 0) is 16.4 Å². The highest BCUT2D eigenvalue weighted by atomic mass is 19.4. The summed E-state index contributed by atoms with van der Waals surface area (Å²) >= 11 is 0. The van der Waals surface area contributed by atoms with Crippen LogP contribution in [0.3, 0.4) is 0 Å². The molecule has 3 atom stereocenters. The number of halogens is 6. The van der Waals surface area contributed by atoms with Gasteiger partial charge in [0.25, 0.3) is 0 Å². The van der Waals surface area contributed by atoms with Crippen molar-refractivity contribution in [3.63, 3.8) is 0 Å². The summed E-state index contributed by atoms with van der Waals surface area (Å²) in [5.74, 6) is -0.716. The summed E-state index contributed by atoms with van der Waals surface area (Å²) < 4.78 is 79.4. The Kier molecular flexibility index (Phi) is 5.94. The van der Waals surface area contributed by atoms with Crippen LogP contribution in [0.5, 0.6) is 5.75 Å². The number of alkyl halides is 6. The number of nitrogens with zero attached hydrogens (tertiary/aromatic N) is 1. The zero-order chi connectivity index (χ0) is 23.0. The van der Waals surface area contributed by atoms with Gasteiger partial charge in [0.05, 0.1) is 23.5 Å². The average Bonchev–Trinajstić information content (AvgIpc) is 3.39. The van der Waals surface area contributed by atoms with Gasteiger partial charge in [-0.3, -0.25) is 9.78 Å². The maximum atomic E-state index is 12.7. The van der Waals surface area contributed by atoms with Gasteiger partial charge >= 0.3 is 12.4 Å².